The molecule has 1 aliphatic heterocycles. The number of fused-ring (bicyclic) bond motifs is 4. The fourth-order valence-electron chi connectivity index (χ4n) is 5.13. The van der Waals surface area contributed by atoms with E-state index in [1.54, 1.807) is 0 Å². The van der Waals surface area contributed by atoms with Crippen LogP contribution >= 0.6 is 0 Å². The van der Waals surface area contributed by atoms with E-state index in [9.17, 15) is 25.2 Å². The van der Waals surface area contributed by atoms with Crippen LogP contribution in [0.25, 0.3) is 0 Å². The van der Waals surface area contributed by atoms with Gasteiger partial charge >= 0.3 is 5.97 Å². The molecule has 3 rings (SSSR count). The van der Waals surface area contributed by atoms with E-state index in [0.717, 1.165) is 6.42 Å². The summed E-state index contributed by atoms with van der Waals surface area (Å²) in [5, 5.41) is 40.3. The quantitative estimate of drug-likeness (QED) is 0.513. The summed E-state index contributed by atoms with van der Waals surface area (Å²) >= 11 is 0. The number of carbonyl (C=O) groups excluding carboxylic acids is 1. The van der Waals surface area contributed by atoms with E-state index in [4.69, 9.17) is 4.74 Å². The second-order valence-corrected chi connectivity index (χ2v) is 7.34. The third kappa shape index (κ3) is 1.76. The Morgan fingerprint density at radius 2 is 2.05 bits per heavy atom. The number of ether oxygens (including phenoxy) is 1. The van der Waals surface area contributed by atoms with Crippen molar-refractivity contribution in [1.29, 1.82) is 0 Å². The van der Waals surface area contributed by atoms with Crippen LogP contribution in [0.5, 0.6) is 0 Å². The first-order chi connectivity index (χ1) is 9.79. The molecule has 8 atom stereocenters. The van der Waals surface area contributed by atoms with Crippen molar-refractivity contribution in [3.8, 4) is 0 Å². The van der Waals surface area contributed by atoms with E-state index in [-0.39, 0.29) is 18.4 Å². The Balaban J connectivity index is 2.05. The van der Waals surface area contributed by atoms with Crippen molar-refractivity contribution in [3.63, 3.8) is 0 Å². The molecule has 2 saturated carbocycles. The van der Waals surface area contributed by atoms with Crippen LogP contribution in [0.4, 0.5) is 0 Å². The van der Waals surface area contributed by atoms with Crippen LogP contribution in [-0.4, -0.2) is 57.4 Å². The van der Waals surface area contributed by atoms with Gasteiger partial charge in [0.25, 0.3) is 0 Å². The fraction of sp³-hybridized carbons (Fsp3) is 0.933. The topological polar surface area (TPSA) is 107 Å². The molecule has 0 aromatic heterocycles. The average Bonchev–Trinajstić information content (AvgIpc) is 2.94. The summed E-state index contributed by atoms with van der Waals surface area (Å²) in [6.07, 6.45) is -0.298. The van der Waals surface area contributed by atoms with Crippen LogP contribution < -0.4 is 0 Å². The lowest BCUT2D eigenvalue weighted by Crippen LogP contribution is -2.61. The van der Waals surface area contributed by atoms with Gasteiger partial charge in [-0.25, -0.2) is 0 Å². The van der Waals surface area contributed by atoms with E-state index < -0.39 is 47.6 Å². The number of hydrogen-bond donors (Lipinski definition) is 4. The minimum atomic E-state index is -1.47. The van der Waals surface area contributed by atoms with Gasteiger partial charge in [-0.3, -0.25) is 4.79 Å². The molecule has 0 spiro atoms. The smallest absolute Gasteiger partial charge is 0.310 e. The summed E-state index contributed by atoms with van der Waals surface area (Å²) in [5.41, 5.74) is -2.06. The Morgan fingerprint density at radius 1 is 1.38 bits per heavy atom. The molecule has 1 heterocycles. The molecule has 4 N–H and O–H groups in total. The summed E-state index contributed by atoms with van der Waals surface area (Å²) in [6.45, 7) is 2.87. The van der Waals surface area contributed by atoms with Crippen LogP contribution in [0.15, 0.2) is 0 Å². The normalized spacial score (nSPS) is 51.4. The lowest BCUT2D eigenvalue weighted by molar-refractivity contribution is -0.181. The Morgan fingerprint density at radius 3 is 2.62 bits per heavy atom. The van der Waals surface area contributed by atoms with Crippen molar-refractivity contribution in [1.82, 2.24) is 0 Å². The van der Waals surface area contributed by atoms with E-state index in [1.807, 2.05) is 6.92 Å². The number of carbonyl (C=O) groups is 1. The molecule has 1 saturated heterocycles. The van der Waals surface area contributed by atoms with Crippen LogP contribution in [0.2, 0.25) is 0 Å². The summed E-state index contributed by atoms with van der Waals surface area (Å²) in [6, 6.07) is 0. The Kier molecular flexibility index (Phi) is 3.37. The molecule has 0 amide bonds. The fourth-order valence-corrected chi connectivity index (χ4v) is 5.13. The minimum Gasteiger partial charge on any atom is -0.459 e. The second kappa shape index (κ2) is 4.65. The molecular formula is C15H24O6. The molecule has 120 valence electrons. The molecular weight excluding hydrogens is 276 g/mol. The highest BCUT2D eigenvalue weighted by Gasteiger charge is 2.70. The summed E-state index contributed by atoms with van der Waals surface area (Å²) in [7, 11) is 0. The van der Waals surface area contributed by atoms with Crippen LogP contribution in [0.3, 0.4) is 0 Å². The number of esters is 1. The van der Waals surface area contributed by atoms with Crippen LogP contribution in [0.1, 0.15) is 26.7 Å². The van der Waals surface area contributed by atoms with Crippen molar-refractivity contribution in [3.05, 3.63) is 0 Å². The monoisotopic (exact) mass is 300 g/mol. The van der Waals surface area contributed by atoms with Gasteiger partial charge in [0.2, 0.25) is 0 Å². The van der Waals surface area contributed by atoms with E-state index in [1.165, 1.54) is 6.92 Å². The largest absolute Gasteiger partial charge is 0.459 e. The van der Waals surface area contributed by atoms with Crippen LogP contribution in [-0.2, 0) is 9.53 Å². The molecule has 2 aliphatic carbocycles. The van der Waals surface area contributed by atoms with Crippen molar-refractivity contribution in [2.75, 3.05) is 13.2 Å². The van der Waals surface area contributed by atoms with Gasteiger partial charge in [0.15, 0.2) is 0 Å². The number of rotatable bonds is 3. The molecule has 8 unspecified atom stereocenters. The highest BCUT2D eigenvalue weighted by atomic mass is 16.6. The standard InChI is InChI=1S/C15H24O6/c1-14(20,6-17)10-9-8-4-3-7(5-16)15(8,2)12(18)11(10)21-13(9)19/h7-12,16-18,20H,3-6H2,1-2H3. The molecule has 0 radical (unpaired) electrons. The first kappa shape index (κ1) is 15.2. The summed E-state index contributed by atoms with van der Waals surface area (Å²) in [5.74, 6) is -1.75. The number of aliphatic hydroxyl groups is 4. The number of hydrogen-bond acceptors (Lipinski definition) is 6. The maximum atomic E-state index is 12.3. The van der Waals surface area contributed by atoms with Gasteiger partial charge < -0.3 is 25.2 Å². The van der Waals surface area contributed by atoms with Gasteiger partial charge in [0.05, 0.1) is 24.2 Å². The van der Waals surface area contributed by atoms with E-state index in [0.29, 0.717) is 6.42 Å². The second-order valence-electron chi connectivity index (χ2n) is 7.34. The first-order valence-corrected chi connectivity index (χ1v) is 7.61. The highest BCUT2D eigenvalue weighted by molar-refractivity contribution is 5.77. The van der Waals surface area contributed by atoms with Gasteiger partial charge in [0.1, 0.15) is 6.10 Å². The molecule has 0 aromatic carbocycles. The van der Waals surface area contributed by atoms with Crippen LogP contribution in [0, 0.1) is 29.1 Å². The van der Waals surface area contributed by atoms with E-state index >= 15 is 0 Å². The maximum Gasteiger partial charge on any atom is 0.310 e. The van der Waals surface area contributed by atoms with Crippen molar-refractivity contribution < 1.29 is 30.0 Å². The molecule has 2 bridgehead atoms. The Bertz CT molecular complexity index is 449. The lowest BCUT2D eigenvalue weighted by atomic mass is 9.54. The predicted molar refractivity (Wildman–Crippen MR) is 72.0 cm³/mol. The first-order valence-electron chi connectivity index (χ1n) is 7.61. The molecule has 3 fully saturated rings. The lowest BCUT2D eigenvalue weighted by Gasteiger charge is -2.51. The van der Waals surface area contributed by atoms with Crippen molar-refractivity contribution in [2.45, 2.75) is 44.5 Å². The summed E-state index contributed by atoms with van der Waals surface area (Å²) in [4.78, 5) is 12.3. The average molecular weight is 300 g/mol. The number of aliphatic hydroxyl groups excluding tert-OH is 3. The SMILES string of the molecule is CC(O)(CO)C1C2OC(=O)C1C1CCC(CO)C1(C)C2O. The third-order valence-corrected chi connectivity index (χ3v) is 6.41. The van der Waals surface area contributed by atoms with Gasteiger partial charge in [-0.05, 0) is 31.6 Å². The molecule has 21 heavy (non-hydrogen) atoms. The Labute approximate surface area is 123 Å². The zero-order valence-electron chi connectivity index (χ0n) is 12.4. The molecule has 6 heteroatoms. The molecule has 3 aliphatic rings. The van der Waals surface area contributed by atoms with E-state index in [2.05, 4.69) is 0 Å². The maximum absolute atomic E-state index is 12.3. The predicted octanol–water partition coefficient (Wildman–Crippen LogP) is -0.713. The minimum absolute atomic E-state index is 0.0290. The zero-order chi connectivity index (χ0) is 15.6. The van der Waals surface area contributed by atoms with Gasteiger partial charge in [-0.2, -0.15) is 0 Å². The molecule has 0 aromatic rings. The summed E-state index contributed by atoms with van der Waals surface area (Å²) < 4.78 is 5.35. The van der Waals surface area contributed by atoms with Crippen molar-refractivity contribution in [2.24, 2.45) is 29.1 Å². The van der Waals surface area contributed by atoms with Gasteiger partial charge in [-0.1, -0.05) is 6.92 Å². The van der Waals surface area contributed by atoms with Gasteiger partial charge in [0, 0.05) is 17.9 Å². The third-order valence-electron chi connectivity index (χ3n) is 6.41. The zero-order valence-corrected chi connectivity index (χ0v) is 12.4. The Hall–Kier alpha value is -0.690. The molecule has 6 nitrogen and oxygen atoms in total. The van der Waals surface area contributed by atoms with Gasteiger partial charge in [-0.15, -0.1) is 0 Å². The van der Waals surface area contributed by atoms with Crippen molar-refractivity contribution >= 4 is 5.97 Å². The highest BCUT2D eigenvalue weighted by Crippen LogP contribution is 2.63.